The van der Waals surface area contributed by atoms with Gasteiger partial charge in [0.1, 0.15) is 13.2 Å². The monoisotopic (exact) mass is 271 g/mol. The lowest BCUT2D eigenvalue weighted by Gasteiger charge is -2.21. The summed E-state index contributed by atoms with van der Waals surface area (Å²) in [5, 5.41) is 0. The number of hydrogen-bond acceptors (Lipinski definition) is 3. The fourth-order valence-corrected chi connectivity index (χ4v) is 1.55. The van der Waals surface area contributed by atoms with Gasteiger partial charge in [-0.15, -0.1) is 0 Å². The van der Waals surface area contributed by atoms with Gasteiger partial charge in [-0.2, -0.15) is 0 Å². The molecule has 1 aliphatic rings. The molecule has 5 heteroatoms. The molecular formula is C10H10BrNO3. The molecule has 0 aromatic heterocycles. The van der Waals surface area contributed by atoms with Crippen molar-refractivity contribution in [3.8, 4) is 11.5 Å². The minimum atomic E-state index is -0.195. The van der Waals surface area contributed by atoms with Gasteiger partial charge < -0.3 is 14.4 Å². The lowest BCUT2D eigenvalue weighted by molar-refractivity contribution is 0.171. The summed E-state index contributed by atoms with van der Waals surface area (Å²) in [7, 11) is 1.68. The van der Waals surface area contributed by atoms with Crippen molar-refractivity contribution in [1.82, 2.24) is 0 Å². The highest BCUT2D eigenvalue weighted by Gasteiger charge is 2.14. The van der Waals surface area contributed by atoms with Crippen molar-refractivity contribution in [2.45, 2.75) is 0 Å². The van der Waals surface area contributed by atoms with E-state index in [0.29, 0.717) is 19.0 Å². The van der Waals surface area contributed by atoms with E-state index in [9.17, 15) is 4.79 Å². The number of fused-ring (bicyclic) bond motifs is 1. The summed E-state index contributed by atoms with van der Waals surface area (Å²) in [6.45, 7) is 1.11. The fraction of sp³-hybridized carbons (Fsp3) is 0.300. The van der Waals surface area contributed by atoms with Gasteiger partial charge in [0.05, 0.1) is 0 Å². The highest BCUT2D eigenvalue weighted by molar-refractivity contribution is 9.18. The first-order valence-corrected chi connectivity index (χ1v) is 5.30. The van der Waals surface area contributed by atoms with Gasteiger partial charge in [-0.05, 0) is 12.1 Å². The SMILES string of the molecule is CN(C(=O)Br)c1ccc2c(c1)OCCO2. The van der Waals surface area contributed by atoms with E-state index in [1.165, 1.54) is 4.90 Å². The Labute approximate surface area is 95.9 Å². The van der Waals surface area contributed by atoms with E-state index in [2.05, 4.69) is 15.9 Å². The van der Waals surface area contributed by atoms with Crippen LogP contribution in [-0.2, 0) is 0 Å². The first kappa shape index (κ1) is 10.3. The van der Waals surface area contributed by atoms with Crippen molar-refractivity contribution in [2.24, 2.45) is 0 Å². The number of carbonyl (C=O) groups excluding carboxylic acids is 1. The Kier molecular flexibility index (Phi) is 2.81. The third kappa shape index (κ3) is 2.07. The van der Waals surface area contributed by atoms with Crippen molar-refractivity contribution in [2.75, 3.05) is 25.2 Å². The van der Waals surface area contributed by atoms with Crippen LogP contribution in [0.25, 0.3) is 0 Å². The molecule has 0 aliphatic carbocycles. The normalized spacial score (nSPS) is 13.5. The summed E-state index contributed by atoms with van der Waals surface area (Å²) in [5.41, 5.74) is 0.765. The second-order valence-corrected chi connectivity index (χ2v) is 3.82. The lowest BCUT2D eigenvalue weighted by Crippen LogP contribution is -2.20. The van der Waals surface area contributed by atoms with Gasteiger partial charge in [-0.1, -0.05) is 0 Å². The molecule has 0 saturated heterocycles. The molecule has 1 aliphatic heterocycles. The number of amides is 1. The highest BCUT2D eigenvalue weighted by Crippen LogP contribution is 2.33. The van der Waals surface area contributed by atoms with E-state index in [1.807, 2.05) is 6.07 Å². The van der Waals surface area contributed by atoms with Crippen LogP contribution in [-0.4, -0.2) is 25.1 Å². The average molecular weight is 272 g/mol. The van der Waals surface area contributed by atoms with E-state index in [-0.39, 0.29) is 4.82 Å². The minimum absolute atomic E-state index is 0.195. The van der Waals surface area contributed by atoms with E-state index in [1.54, 1.807) is 19.2 Å². The van der Waals surface area contributed by atoms with Crippen LogP contribution < -0.4 is 14.4 Å². The number of ether oxygens (including phenoxy) is 2. The molecule has 1 aromatic carbocycles. The Morgan fingerprint density at radius 1 is 1.33 bits per heavy atom. The third-order valence-corrected chi connectivity index (χ3v) is 2.71. The van der Waals surface area contributed by atoms with Gasteiger partial charge >= 0.3 is 0 Å². The number of anilines is 1. The van der Waals surface area contributed by atoms with E-state index >= 15 is 0 Å². The van der Waals surface area contributed by atoms with Crippen LogP contribution in [0, 0.1) is 0 Å². The summed E-state index contributed by atoms with van der Waals surface area (Å²) in [4.78, 5) is 12.4. The van der Waals surface area contributed by atoms with E-state index in [0.717, 1.165) is 11.4 Å². The maximum atomic E-state index is 11.1. The summed E-state index contributed by atoms with van der Waals surface area (Å²) in [6.07, 6.45) is 0. The number of halogens is 1. The van der Waals surface area contributed by atoms with Crippen molar-refractivity contribution in [1.29, 1.82) is 0 Å². The molecule has 0 atom stereocenters. The van der Waals surface area contributed by atoms with Crippen LogP contribution in [0.15, 0.2) is 18.2 Å². The summed E-state index contributed by atoms with van der Waals surface area (Å²) < 4.78 is 10.8. The first-order chi connectivity index (χ1) is 7.18. The Hall–Kier alpha value is -1.23. The highest BCUT2D eigenvalue weighted by atomic mass is 79.9. The number of rotatable bonds is 1. The first-order valence-electron chi connectivity index (χ1n) is 4.51. The van der Waals surface area contributed by atoms with E-state index < -0.39 is 0 Å². The Morgan fingerprint density at radius 3 is 2.67 bits per heavy atom. The molecule has 15 heavy (non-hydrogen) atoms. The summed E-state index contributed by atoms with van der Waals surface area (Å²) in [6, 6.07) is 5.40. The standard InChI is InChI=1S/C10H10BrNO3/c1-12(10(11)13)7-2-3-8-9(6-7)15-5-4-14-8/h2-3,6H,4-5H2,1H3. The maximum absolute atomic E-state index is 11.1. The van der Waals surface area contributed by atoms with Crippen molar-refractivity contribution < 1.29 is 14.3 Å². The summed E-state index contributed by atoms with van der Waals surface area (Å²) in [5.74, 6) is 1.40. The Balaban J connectivity index is 2.31. The molecule has 80 valence electrons. The van der Waals surface area contributed by atoms with Crippen LogP contribution in [0.1, 0.15) is 0 Å². The van der Waals surface area contributed by atoms with Crippen LogP contribution in [0.2, 0.25) is 0 Å². The van der Waals surface area contributed by atoms with Gasteiger partial charge in [0.2, 0.25) is 0 Å². The quantitative estimate of drug-likeness (QED) is 0.582. The smallest absolute Gasteiger partial charge is 0.293 e. The fourth-order valence-electron chi connectivity index (χ4n) is 1.34. The van der Waals surface area contributed by atoms with Gasteiger partial charge in [-0.3, -0.25) is 4.79 Å². The van der Waals surface area contributed by atoms with Crippen LogP contribution in [0.4, 0.5) is 10.5 Å². The second-order valence-electron chi connectivity index (χ2n) is 3.14. The van der Waals surface area contributed by atoms with Crippen LogP contribution in [0.3, 0.4) is 0 Å². The molecule has 1 aromatic rings. The molecule has 1 amide bonds. The van der Waals surface area contributed by atoms with Crippen molar-refractivity contribution in [3.63, 3.8) is 0 Å². The van der Waals surface area contributed by atoms with Crippen molar-refractivity contribution >= 4 is 26.4 Å². The molecule has 0 unspecified atom stereocenters. The summed E-state index contributed by atoms with van der Waals surface area (Å²) >= 11 is 2.89. The zero-order chi connectivity index (χ0) is 10.8. The third-order valence-electron chi connectivity index (χ3n) is 2.18. The van der Waals surface area contributed by atoms with Gasteiger partial charge in [0, 0.05) is 34.7 Å². The molecule has 2 rings (SSSR count). The Bertz CT molecular complexity index is 394. The Morgan fingerprint density at radius 2 is 2.00 bits per heavy atom. The molecule has 0 saturated carbocycles. The number of hydrogen-bond donors (Lipinski definition) is 0. The lowest BCUT2D eigenvalue weighted by atomic mass is 10.2. The molecular weight excluding hydrogens is 262 g/mol. The van der Waals surface area contributed by atoms with Crippen LogP contribution >= 0.6 is 15.9 Å². The topological polar surface area (TPSA) is 38.8 Å². The zero-order valence-corrected chi connectivity index (χ0v) is 9.78. The minimum Gasteiger partial charge on any atom is -0.486 e. The predicted molar refractivity (Wildman–Crippen MR) is 60.2 cm³/mol. The molecule has 4 nitrogen and oxygen atoms in total. The largest absolute Gasteiger partial charge is 0.486 e. The van der Waals surface area contributed by atoms with Gasteiger partial charge in [0.15, 0.2) is 11.5 Å². The number of benzene rings is 1. The van der Waals surface area contributed by atoms with Gasteiger partial charge in [0.25, 0.3) is 4.82 Å². The number of carbonyl (C=O) groups is 1. The maximum Gasteiger partial charge on any atom is 0.293 e. The molecule has 1 heterocycles. The molecule has 0 N–H and O–H groups in total. The average Bonchev–Trinajstić information content (AvgIpc) is 2.27. The predicted octanol–water partition coefficient (Wildman–Crippen LogP) is 2.41. The molecule has 0 fully saturated rings. The van der Waals surface area contributed by atoms with Crippen LogP contribution in [0.5, 0.6) is 11.5 Å². The molecule has 0 bridgehead atoms. The van der Waals surface area contributed by atoms with Crippen molar-refractivity contribution in [3.05, 3.63) is 18.2 Å². The van der Waals surface area contributed by atoms with Gasteiger partial charge in [-0.25, -0.2) is 0 Å². The molecule has 0 radical (unpaired) electrons. The second kappa shape index (κ2) is 4.10. The van der Waals surface area contributed by atoms with E-state index in [4.69, 9.17) is 9.47 Å². The number of nitrogens with zero attached hydrogens (tertiary/aromatic N) is 1. The molecule has 0 spiro atoms. The zero-order valence-electron chi connectivity index (χ0n) is 8.20.